The van der Waals surface area contributed by atoms with Crippen molar-refractivity contribution in [2.24, 2.45) is 35.5 Å². The molecule has 1 heterocycles. The Morgan fingerprint density at radius 3 is 1.97 bits per heavy atom. The van der Waals surface area contributed by atoms with Crippen molar-refractivity contribution in [3.8, 4) is 0 Å². The fourth-order valence-electron chi connectivity index (χ4n) is 6.31. The number of Topliss-reactive ketones (excluding diaryl/α,β-unsaturated/α-hetero) is 1. The molecule has 0 spiro atoms. The number of ketones is 1. The van der Waals surface area contributed by atoms with Crippen molar-refractivity contribution in [3.05, 3.63) is 92.0 Å². The maximum absolute atomic E-state index is 13.7. The van der Waals surface area contributed by atoms with E-state index in [9.17, 15) is 39.4 Å². The third-order valence-corrected chi connectivity index (χ3v) is 8.11. The van der Waals surface area contributed by atoms with Crippen LogP contribution in [-0.2, 0) is 9.59 Å². The van der Waals surface area contributed by atoms with Crippen LogP contribution in [0.1, 0.15) is 27.1 Å². The molecule has 7 rings (SSSR count). The fourth-order valence-corrected chi connectivity index (χ4v) is 6.31. The van der Waals surface area contributed by atoms with Crippen LogP contribution >= 0.6 is 0 Å². The van der Waals surface area contributed by atoms with Gasteiger partial charge in [0.05, 0.1) is 21.7 Å². The quantitative estimate of drug-likeness (QED) is 0.178. The molecule has 3 amide bonds. The number of nitro groups is 2. The van der Waals surface area contributed by atoms with Gasteiger partial charge in [0.1, 0.15) is 6.54 Å². The van der Waals surface area contributed by atoms with Gasteiger partial charge in [-0.3, -0.25) is 39.4 Å². The summed E-state index contributed by atoms with van der Waals surface area (Å²) in [6, 6.07) is 9.52. The predicted molar refractivity (Wildman–Crippen MR) is 128 cm³/mol. The fraction of sp³-hybridized carbons (Fsp3) is 0.308. The summed E-state index contributed by atoms with van der Waals surface area (Å²) in [4.78, 5) is 75.1. The number of imide groups is 1. The van der Waals surface area contributed by atoms with Gasteiger partial charge in [0.25, 0.3) is 29.1 Å². The van der Waals surface area contributed by atoms with Crippen LogP contribution in [0.5, 0.6) is 0 Å². The van der Waals surface area contributed by atoms with E-state index in [1.54, 1.807) is 0 Å². The maximum Gasteiger partial charge on any atom is 0.273 e. The van der Waals surface area contributed by atoms with Crippen molar-refractivity contribution in [2.75, 3.05) is 6.54 Å². The van der Waals surface area contributed by atoms with Crippen molar-refractivity contribution < 1.29 is 29.0 Å². The van der Waals surface area contributed by atoms with Gasteiger partial charge in [-0.15, -0.1) is 0 Å². The first kappa shape index (κ1) is 23.6. The summed E-state index contributed by atoms with van der Waals surface area (Å²) in [5.74, 6) is -3.53. The Bertz CT molecular complexity index is 1430. The van der Waals surface area contributed by atoms with E-state index in [2.05, 4.69) is 0 Å². The number of benzene rings is 2. The largest absolute Gasteiger partial charge is 0.292 e. The molecule has 2 aromatic carbocycles. The molecule has 0 radical (unpaired) electrons. The Morgan fingerprint density at radius 1 is 0.842 bits per heavy atom. The second-order valence-corrected chi connectivity index (χ2v) is 10.0. The molecule has 2 aromatic rings. The highest BCUT2D eigenvalue weighted by Gasteiger charge is 2.68. The average molecular weight is 516 g/mol. The number of non-ortho nitro benzene ring substituents is 2. The van der Waals surface area contributed by atoms with Crippen LogP contribution in [0.25, 0.3) is 0 Å². The SMILES string of the molecule is O=C(CN(C(=O)c1ccc([N+](=O)[O-])cc1)N1C(=O)[C@@H]2[C@H]3C=C[C@@H]([C@@H]4C[C@@H]34)[C@H]2C1=O)c1cccc([N+](=O)[O-])c1. The third kappa shape index (κ3) is 3.51. The Morgan fingerprint density at radius 2 is 1.42 bits per heavy atom. The molecule has 12 nitrogen and oxygen atoms in total. The summed E-state index contributed by atoms with van der Waals surface area (Å²) in [6.07, 6.45) is 4.91. The van der Waals surface area contributed by atoms with E-state index in [0.29, 0.717) is 11.8 Å². The smallest absolute Gasteiger partial charge is 0.273 e. The number of carbonyl (C=O) groups excluding carboxylic acids is 4. The van der Waals surface area contributed by atoms with Crippen LogP contribution in [0.4, 0.5) is 11.4 Å². The Hall–Kier alpha value is -4.74. The van der Waals surface area contributed by atoms with E-state index in [-0.39, 0.29) is 34.3 Å². The van der Waals surface area contributed by atoms with Gasteiger partial charge < -0.3 is 0 Å². The van der Waals surface area contributed by atoms with Gasteiger partial charge in [-0.25, -0.2) is 5.01 Å². The first-order valence-electron chi connectivity index (χ1n) is 12.1. The lowest BCUT2D eigenvalue weighted by Gasteiger charge is -2.37. The lowest BCUT2D eigenvalue weighted by atomic mass is 9.63. The molecule has 2 saturated carbocycles. The van der Waals surface area contributed by atoms with Crippen molar-refractivity contribution in [1.82, 2.24) is 10.0 Å². The first-order valence-corrected chi connectivity index (χ1v) is 12.1. The van der Waals surface area contributed by atoms with Crippen LogP contribution in [0.3, 0.4) is 0 Å². The zero-order chi connectivity index (χ0) is 26.9. The van der Waals surface area contributed by atoms with Gasteiger partial charge >= 0.3 is 0 Å². The molecule has 3 fully saturated rings. The Balaban J connectivity index is 1.36. The zero-order valence-corrected chi connectivity index (χ0v) is 19.7. The molecule has 0 N–H and O–H groups in total. The number of rotatable bonds is 7. The van der Waals surface area contributed by atoms with E-state index in [4.69, 9.17) is 0 Å². The van der Waals surface area contributed by atoms with Crippen molar-refractivity contribution in [2.45, 2.75) is 6.42 Å². The van der Waals surface area contributed by atoms with E-state index in [0.717, 1.165) is 34.6 Å². The van der Waals surface area contributed by atoms with Crippen molar-refractivity contribution in [3.63, 3.8) is 0 Å². The minimum atomic E-state index is -0.871. The Labute approximate surface area is 214 Å². The maximum atomic E-state index is 13.7. The number of nitro benzene ring substituents is 2. The number of hydrazine groups is 1. The number of amides is 3. The first-order chi connectivity index (χ1) is 18.2. The number of hydrogen-bond donors (Lipinski definition) is 0. The third-order valence-electron chi connectivity index (χ3n) is 8.11. The summed E-state index contributed by atoms with van der Waals surface area (Å²) < 4.78 is 0. The van der Waals surface area contributed by atoms with Crippen molar-refractivity contribution in [1.29, 1.82) is 0 Å². The minimum Gasteiger partial charge on any atom is -0.292 e. The second kappa shape index (κ2) is 8.40. The summed E-state index contributed by atoms with van der Waals surface area (Å²) in [5, 5.41) is 23.8. The van der Waals surface area contributed by atoms with Gasteiger partial charge in [0.15, 0.2) is 5.78 Å². The molecule has 0 unspecified atom stereocenters. The summed E-state index contributed by atoms with van der Waals surface area (Å²) in [7, 11) is 0. The standard InChI is InChI=1S/C26H20N4O8/c31-21(14-2-1-3-16(10-14)30(37)38)12-27(24(32)13-4-6-15(7-5-13)29(35)36)28-25(33)22-17-8-9-18(20-11-19(17)20)23(22)26(28)34/h1-10,17-20,22-23H,11-12H2/t17-,18-,19-,20-,22+,23+/m0/s1. The van der Waals surface area contributed by atoms with Gasteiger partial charge in [-0.2, -0.15) is 5.01 Å². The molecule has 12 heteroatoms. The molecule has 38 heavy (non-hydrogen) atoms. The number of hydrogen-bond acceptors (Lipinski definition) is 8. The summed E-state index contributed by atoms with van der Waals surface area (Å²) in [5.41, 5.74) is -0.727. The summed E-state index contributed by atoms with van der Waals surface area (Å²) in [6.45, 7) is -0.733. The molecule has 1 saturated heterocycles. The number of allylic oxidation sites excluding steroid dienone is 2. The van der Waals surface area contributed by atoms with Crippen LogP contribution in [-0.4, -0.2) is 49.9 Å². The molecule has 192 valence electrons. The topological polar surface area (TPSA) is 161 Å². The normalized spacial score (nSPS) is 28.1. The van der Waals surface area contributed by atoms with Gasteiger partial charge in [-0.1, -0.05) is 24.3 Å². The van der Waals surface area contributed by atoms with Crippen LogP contribution in [0.2, 0.25) is 0 Å². The lowest BCUT2D eigenvalue weighted by Crippen LogP contribution is -2.52. The van der Waals surface area contributed by atoms with Crippen LogP contribution < -0.4 is 0 Å². The lowest BCUT2D eigenvalue weighted by molar-refractivity contribution is -0.385. The van der Waals surface area contributed by atoms with Gasteiger partial charge in [0.2, 0.25) is 0 Å². The monoisotopic (exact) mass is 516 g/mol. The molecule has 2 bridgehead atoms. The predicted octanol–water partition coefficient (Wildman–Crippen LogP) is 2.80. The zero-order valence-electron chi connectivity index (χ0n) is 19.7. The molecule has 6 atom stereocenters. The van der Waals surface area contributed by atoms with Crippen LogP contribution in [0, 0.1) is 55.7 Å². The minimum absolute atomic E-state index is 0.0677. The van der Waals surface area contributed by atoms with E-state index < -0.39 is 51.7 Å². The van der Waals surface area contributed by atoms with E-state index in [1.165, 1.54) is 30.3 Å². The molecule has 5 aliphatic rings. The average Bonchev–Trinajstić information content (AvgIpc) is 3.70. The second-order valence-electron chi connectivity index (χ2n) is 10.0. The highest BCUT2D eigenvalue weighted by molar-refractivity contribution is 6.10. The van der Waals surface area contributed by atoms with E-state index >= 15 is 0 Å². The van der Waals surface area contributed by atoms with Gasteiger partial charge in [-0.05, 0) is 42.2 Å². The number of nitrogens with zero attached hydrogens (tertiary/aromatic N) is 4. The highest BCUT2D eigenvalue weighted by atomic mass is 16.6. The molecule has 0 aromatic heterocycles. The molecule has 4 aliphatic carbocycles. The van der Waals surface area contributed by atoms with Gasteiger partial charge in [0, 0.05) is 35.4 Å². The van der Waals surface area contributed by atoms with Crippen LogP contribution in [0.15, 0.2) is 60.7 Å². The van der Waals surface area contributed by atoms with Crippen molar-refractivity contribution >= 4 is 34.9 Å². The van der Waals surface area contributed by atoms with E-state index in [1.807, 2.05) is 12.2 Å². The summed E-state index contributed by atoms with van der Waals surface area (Å²) >= 11 is 0. The molecular weight excluding hydrogens is 496 g/mol. The molecule has 1 aliphatic heterocycles. The number of carbonyl (C=O) groups is 4. The highest BCUT2D eigenvalue weighted by Crippen LogP contribution is 2.65. The Kier molecular flexibility index (Phi) is 5.23. The molecular formula is C26H20N4O8.